The largest absolute Gasteiger partial charge is 0.493 e. The molecule has 0 bridgehead atoms. The zero-order valence-corrected chi connectivity index (χ0v) is 21.1. The number of methoxy groups -OCH3 is 2. The number of carbonyl (C=O) groups is 1. The van der Waals surface area contributed by atoms with Gasteiger partial charge in [0.1, 0.15) is 17.6 Å². The molecular formula is C28H23N3O8. The lowest BCUT2D eigenvalue weighted by Gasteiger charge is -2.13. The van der Waals surface area contributed by atoms with Gasteiger partial charge in [-0.05, 0) is 42.0 Å². The number of ether oxygens (including phenoxy) is 4. The second-order valence-corrected chi connectivity index (χ2v) is 8.84. The van der Waals surface area contributed by atoms with E-state index >= 15 is 0 Å². The molecule has 0 unspecified atom stereocenters. The third kappa shape index (κ3) is 4.23. The van der Waals surface area contributed by atoms with Crippen molar-refractivity contribution in [3.8, 4) is 23.0 Å². The molecular weight excluding hydrogens is 506 g/mol. The fourth-order valence-corrected chi connectivity index (χ4v) is 4.66. The Balaban J connectivity index is 1.43. The summed E-state index contributed by atoms with van der Waals surface area (Å²) in [5.74, 6) is 1.58. The summed E-state index contributed by atoms with van der Waals surface area (Å²) >= 11 is 0. The Morgan fingerprint density at radius 1 is 0.923 bits per heavy atom. The summed E-state index contributed by atoms with van der Waals surface area (Å²) in [6.45, 7) is -0.321. The highest BCUT2D eigenvalue weighted by Gasteiger charge is 2.22. The fraction of sp³-hybridized carbons (Fsp3) is 0.179. The number of benzene rings is 3. The predicted octanol–water partition coefficient (Wildman–Crippen LogP) is 3.34. The fourth-order valence-electron chi connectivity index (χ4n) is 4.66. The number of fused-ring (bicyclic) bond motifs is 4. The molecule has 1 N–H and O–H groups in total. The van der Waals surface area contributed by atoms with E-state index in [0.29, 0.717) is 45.2 Å². The molecule has 0 saturated carbocycles. The van der Waals surface area contributed by atoms with Crippen molar-refractivity contribution in [2.75, 3.05) is 26.3 Å². The number of nitrogens with one attached hydrogen (secondary N) is 1. The monoisotopic (exact) mass is 529 g/mol. The third-order valence-electron chi connectivity index (χ3n) is 6.49. The number of furan rings is 1. The maximum absolute atomic E-state index is 13.8. The molecule has 0 aliphatic carbocycles. The Hall–Kier alpha value is -5.19. The number of para-hydroxylation sites is 1. The SMILES string of the molecule is COc1ccc(NC(=O)Cn2c(=O)n(Cc3ccc4c(c3)OCO4)c(=O)c3oc4ccccc4c32)cc1OC. The molecule has 198 valence electrons. The summed E-state index contributed by atoms with van der Waals surface area (Å²) < 4.78 is 29.5. The molecule has 1 aliphatic rings. The molecule has 3 aromatic carbocycles. The van der Waals surface area contributed by atoms with Gasteiger partial charge >= 0.3 is 5.69 Å². The quantitative estimate of drug-likeness (QED) is 0.341. The van der Waals surface area contributed by atoms with Gasteiger partial charge in [-0.3, -0.25) is 18.7 Å². The molecule has 0 saturated heterocycles. The van der Waals surface area contributed by atoms with E-state index in [1.54, 1.807) is 60.7 Å². The number of rotatable bonds is 7. The van der Waals surface area contributed by atoms with Crippen molar-refractivity contribution in [3.63, 3.8) is 0 Å². The number of nitrogens with zero attached hydrogens (tertiary/aromatic N) is 2. The van der Waals surface area contributed by atoms with Crippen LogP contribution in [0, 0.1) is 0 Å². The minimum absolute atomic E-state index is 0.0181. The van der Waals surface area contributed by atoms with Gasteiger partial charge in [0.2, 0.25) is 18.3 Å². The van der Waals surface area contributed by atoms with E-state index in [0.717, 1.165) is 4.57 Å². The highest BCUT2D eigenvalue weighted by Crippen LogP contribution is 2.33. The van der Waals surface area contributed by atoms with E-state index in [1.165, 1.54) is 18.8 Å². The molecule has 0 atom stereocenters. The zero-order chi connectivity index (χ0) is 27.1. The third-order valence-corrected chi connectivity index (χ3v) is 6.49. The second-order valence-electron chi connectivity index (χ2n) is 8.84. The van der Waals surface area contributed by atoms with E-state index in [2.05, 4.69) is 5.32 Å². The lowest BCUT2D eigenvalue weighted by molar-refractivity contribution is -0.116. The molecule has 11 heteroatoms. The molecule has 11 nitrogen and oxygen atoms in total. The van der Waals surface area contributed by atoms with Crippen LogP contribution in [0.1, 0.15) is 5.56 Å². The zero-order valence-electron chi connectivity index (χ0n) is 21.1. The van der Waals surface area contributed by atoms with Crippen molar-refractivity contribution < 1.29 is 28.2 Å². The van der Waals surface area contributed by atoms with Crippen molar-refractivity contribution in [1.82, 2.24) is 9.13 Å². The highest BCUT2D eigenvalue weighted by atomic mass is 16.7. The number of hydrogen-bond acceptors (Lipinski definition) is 8. The van der Waals surface area contributed by atoms with Gasteiger partial charge in [-0.25, -0.2) is 4.79 Å². The molecule has 1 aliphatic heterocycles. The molecule has 6 rings (SSSR count). The van der Waals surface area contributed by atoms with Crippen LogP contribution in [-0.4, -0.2) is 36.1 Å². The van der Waals surface area contributed by atoms with Crippen LogP contribution in [0.2, 0.25) is 0 Å². The normalized spacial score (nSPS) is 12.2. The average molecular weight is 530 g/mol. The van der Waals surface area contributed by atoms with Gasteiger partial charge in [0.05, 0.1) is 20.8 Å². The van der Waals surface area contributed by atoms with Gasteiger partial charge in [-0.15, -0.1) is 0 Å². The number of amides is 1. The first kappa shape index (κ1) is 24.2. The summed E-state index contributed by atoms with van der Waals surface area (Å²) in [7, 11) is 3.01. The van der Waals surface area contributed by atoms with Crippen LogP contribution in [-0.2, 0) is 17.9 Å². The summed E-state index contributed by atoms with van der Waals surface area (Å²) in [5, 5.41) is 3.33. The Bertz CT molecular complexity index is 1870. The van der Waals surface area contributed by atoms with Gasteiger partial charge in [-0.2, -0.15) is 0 Å². The lowest BCUT2D eigenvalue weighted by atomic mass is 10.2. The Labute approximate surface area is 220 Å². The Morgan fingerprint density at radius 2 is 1.72 bits per heavy atom. The van der Waals surface area contributed by atoms with Gasteiger partial charge in [-0.1, -0.05) is 18.2 Å². The van der Waals surface area contributed by atoms with Crippen molar-refractivity contribution in [2.45, 2.75) is 13.1 Å². The topological polar surface area (TPSA) is 123 Å². The number of hydrogen-bond donors (Lipinski definition) is 1. The van der Waals surface area contributed by atoms with E-state index in [9.17, 15) is 14.4 Å². The van der Waals surface area contributed by atoms with Crippen LogP contribution in [0.5, 0.6) is 23.0 Å². The molecule has 1 amide bonds. The molecule has 0 fully saturated rings. The Morgan fingerprint density at radius 3 is 2.54 bits per heavy atom. The van der Waals surface area contributed by atoms with Crippen LogP contribution >= 0.6 is 0 Å². The second kappa shape index (κ2) is 9.60. The van der Waals surface area contributed by atoms with E-state index in [4.69, 9.17) is 23.4 Å². The summed E-state index contributed by atoms with van der Waals surface area (Å²) in [6, 6.07) is 17.1. The van der Waals surface area contributed by atoms with Crippen LogP contribution in [0.15, 0.2) is 74.7 Å². The molecule has 39 heavy (non-hydrogen) atoms. The maximum Gasteiger partial charge on any atom is 0.332 e. The maximum atomic E-state index is 13.8. The molecule has 5 aromatic rings. The van der Waals surface area contributed by atoms with Crippen molar-refractivity contribution in [2.24, 2.45) is 0 Å². The minimum Gasteiger partial charge on any atom is -0.493 e. The first-order valence-electron chi connectivity index (χ1n) is 12.0. The van der Waals surface area contributed by atoms with Crippen LogP contribution in [0.25, 0.3) is 22.1 Å². The van der Waals surface area contributed by atoms with Crippen molar-refractivity contribution >= 4 is 33.7 Å². The molecule has 0 spiro atoms. The van der Waals surface area contributed by atoms with Crippen molar-refractivity contribution in [3.05, 3.63) is 87.1 Å². The number of anilines is 1. The molecule has 3 heterocycles. The summed E-state index contributed by atoms with van der Waals surface area (Å²) in [6.07, 6.45) is 0. The lowest BCUT2D eigenvalue weighted by Crippen LogP contribution is -2.41. The predicted molar refractivity (Wildman–Crippen MR) is 142 cm³/mol. The van der Waals surface area contributed by atoms with Crippen LogP contribution in [0.3, 0.4) is 0 Å². The smallest absolute Gasteiger partial charge is 0.332 e. The molecule has 0 radical (unpaired) electrons. The van der Waals surface area contributed by atoms with E-state index < -0.39 is 17.2 Å². The minimum atomic E-state index is -0.654. The van der Waals surface area contributed by atoms with Crippen LogP contribution < -0.4 is 35.5 Å². The molecule has 2 aromatic heterocycles. The standard InChI is InChI=1S/C28H23N3O8/c1-35-20-10-8-17(12-22(20)36-2)29-24(32)14-30-25-18-5-3-4-6-19(18)39-26(25)27(33)31(28(30)34)13-16-7-9-21-23(11-16)38-15-37-21/h3-12H,13-15H2,1-2H3,(H,29,32). The average Bonchev–Trinajstić information content (AvgIpc) is 3.58. The van der Waals surface area contributed by atoms with Gasteiger partial charge in [0.25, 0.3) is 5.56 Å². The van der Waals surface area contributed by atoms with Gasteiger partial charge in [0.15, 0.2) is 23.0 Å². The highest BCUT2D eigenvalue weighted by molar-refractivity contribution is 6.03. The van der Waals surface area contributed by atoms with Gasteiger partial charge in [0, 0.05) is 17.1 Å². The van der Waals surface area contributed by atoms with Gasteiger partial charge < -0.3 is 28.7 Å². The first-order valence-corrected chi connectivity index (χ1v) is 12.0. The van der Waals surface area contributed by atoms with Crippen LogP contribution in [0.4, 0.5) is 5.69 Å². The first-order chi connectivity index (χ1) is 19.0. The van der Waals surface area contributed by atoms with E-state index in [1.807, 2.05) is 0 Å². The Kier molecular flexibility index (Phi) is 5.95. The van der Waals surface area contributed by atoms with E-state index in [-0.39, 0.29) is 31.0 Å². The van der Waals surface area contributed by atoms with Crippen molar-refractivity contribution in [1.29, 1.82) is 0 Å². The summed E-state index contributed by atoms with van der Waals surface area (Å²) in [5.41, 5.74) is 0.516. The summed E-state index contributed by atoms with van der Waals surface area (Å²) in [4.78, 5) is 40.4. The number of aromatic nitrogens is 2. The number of carbonyl (C=O) groups excluding carboxylic acids is 1.